The molecule has 2 N–H and O–H groups in total. The predicted octanol–water partition coefficient (Wildman–Crippen LogP) is 1.28. The van der Waals surface area contributed by atoms with Crippen LogP contribution in [0.4, 0.5) is 0 Å². The van der Waals surface area contributed by atoms with Crippen LogP contribution < -0.4 is 0 Å². The number of nitrogens with zero attached hydrogens (tertiary/aromatic N) is 1. The first kappa shape index (κ1) is 12.7. The van der Waals surface area contributed by atoms with Gasteiger partial charge in [-0.1, -0.05) is 18.2 Å². The molecule has 5 heteroatoms. The molecule has 0 bridgehead atoms. The van der Waals surface area contributed by atoms with Crippen LogP contribution in [0, 0.1) is 17.2 Å². The molecular weight excluding hydrogens is 222 g/mol. The Bertz CT molecular complexity index is 462. The first-order valence-corrected chi connectivity index (χ1v) is 5.00. The van der Waals surface area contributed by atoms with Crippen LogP contribution in [-0.4, -0.2) is 22.2 Å². The van der Waals surface area contributed by atoms with E-state index < -0.39 is 17.9 Å². The molecule has 0 aliphatic heterocycles. The van der Waals surface area contributed by atoms with Gasteiger partial charge >= 0.3 is 11.9 Å². The Morgan fingerprint density at radius 2 is 1.82 bits per heavy atom. The molecule has 0 spiro atoms. The van der Waals surface area contributed by atoms with E-state index in [0.29, 0.717) is 11.1 Å². The maximum Gasteiger partial charge on any atom is 0.317 e. The average molecular weight is 233 g/mol. The van der Waals surface area contributed by atoms with Gasteiger partial charge < -0.3 is 10.2 Å². The van der Waals surface area contributed by atoms with E-state index in [9.17, 15) is 9.59 Å². The van der Waals surface area contributed by atoms with E-state index in [4.69, 9.17) is 15.5 Å². The maximum atomic E-state index is 10.7. The highest BCUT2D eigenvalue weighted by Crippen LogP contribution is 2.14. The van der Waals surface area contributed by atoms with Crippen LogP contribution in [0.5, 0.6) is 0 Å². The molecular formula is C12H11NO4. The monoisotopic (exact) mass is 233 g/mol. The number of hydrogen-bond donors (Lipinski definition) is 2. The van der Waals surface area contributed by atoms with Gasteiger partial charge in [-0.25, -0.2) is 0 Å². The van der Waals surface area contributed by atoms with Gasteiger partial charge in [0.1, 0.15) is 0 Å². The van der Waals surface area contributed by atoms with E-state index in [0.717, 1.165) is 0 Å². The minimum atomic E-state index is -1.43. The molecule has 0 aliphatic carbocycles. The van der Waals surface area contributed by atoms with Crippen LogP contribution >= 0.6 is 0 Å². The summed E-state index contributed by atoms with van der Waals surface area (Å²) < 4.78 is 0. The van der Waals surface area contributed by atoms with Crippen LogP contribution in [-0.2, 0) is 16.0 Å². The molecule has 0 amide bonds. The molecule has 0 radical (unpaired) electrons. The summed E-state index contributed by atoms with van der Waals surface area (Å²) in [6, 6.07) is 8.72. The van der Waals surface area contributed by atoms with Crippen molar-refractivity contribution < 1.29 is 19.8 Å². The molecule has 1 aromatic carbocycles. The number of carbonyl (C=O) groups is 2. The molecule has 0 unspecified atom stereocenters. The van der Waals surface area contributed by atoms with Crippen molar-refractivity contribution in [3.05, 3.63) is 35.4 Å². The topological polar surface area (TPSA) is 98.4 Å². The normalized spacial score (nSPS) is 9.88. The summed E-state index contributed by atoms with van der Waals surface area (Å²) in [5.74, 6) is -4.14. The number of benzene rings is 1. The van der Waals surface area contributed by atoms with Gasteiger partial charge in [-0.2, -0.15) is 5.26 Å². The summed E-state index contributed by atoms with van der Waals surface area (Å²) in [4.78, 5) is 21.3. The Hall–Kier alpha value is -2.35. The Morgan fingerprint density at radius 1 is 1.24 bits per heavy atom. The smallest absolute Gasteiger partial charge is 0.317 e. The molecule has 0 saturated carbocycles. The van der Waals surface area contributed by atoms with Gasteiger partial charge in [-0.05, 0) is 24.5 Å². The molecule has 0 aromatic heterocycles. The van der Waals surface area contributed by atoms with Crippen molar-refractivity contribution in [2.24, 2.45) is 5.92 Å². The van der Waals surface area contributed by atoms with Crippen molar-refractivity contribution in [2.75, 3.05) is 0 Å². The van der Waals surface area contributed by atoms with Crippen LogP contribution in [0.2, 0.25) is 0 Å². The fourth-order valence-corrected chi connectivity index (χ4v) is 1.50. The summed E-state index contributed by atoms with van der Waals surface area (Å²) in [6.45, 7) is 0. The standard InChI is InChI=1S/C12H11NO4/c13-7-9-4-2-1-3-8(9)5-6-10(11(14)15)12(16)17/h1-4,10H,5-6H2,(H,14,15)(H,16,17). The predicted molar refractivity (Wildman–Crippen MR) is 58.2 cm³/mol. The van der Waals surface area contributed by atoms with Gasteiger partial charge in [0.2, 0.25) is 0 Å². The zero-order valence-electron chi connectivity index (χ0n) is 8.96. The Labute approximate surface area is 97.9 Å². The Balaban J connectivity index is 2.76. The quantitative estimate of drug-likeness (QED) is 0.746. The van der Waals surface area contributed by atoms with Gasteiger partial charge in [0.25, 0.3) is 0 Å². The maximum absolute atomic E-state index is 10.7. The van der Waals surface area contributed by atoms with E-state index in [1.54, 1.807) is 24.3 Å². The van der Waals surface area contributed by atoms with Gasteiger partial charge in [-0.3, -0.25) is 9.59 Å². The van der Waals surface area contributed by atoms with Gasteiger partial charge in [0, 0.05) is 0 Å². The fraction of sp³-hybridized carbons (Fsp3) is 0.250. The summed E-state index contributed by atoms with van der Waals surface area (Å²) in [5, 5.41) is 26.2. The average Bonchev–Trinajstić information content (AvgIpc) is 2.29. The summed E-state index contributed by atoms with van der Waals surface area (Å²) >= 11 is 0. The van der Waals surface area contributed by atoms with Gasteiger partial charge in [0.15, 0.2) is 5.92 Å². The molecule has 0 fully saturated rings. The fourth-order valence-electron chi connectivity index (χ4n) is 1.50. The number of aryl methyl sites for hydroxylation is 1. The molecule has 1 aromatic rings. The summed E-state index contributed by atoms with van der Waals surface area (Å²) in [7, 11) is 0. The lowest BCUT2D eigenvalue weighted by molar-refractivity contribution is -0.154. The van der Waals surface area contributed by atoms with Crippen LogP contribution in [0.15, 0.2) is 24.3 Å². The van der Waals surface area contributed by atoms with E-state index in [1.807, 2.05) is 6.07 Å². The highest BCUT2D eigenvalue weighted by Gasteiger charge is 2.25. The number of rotatable bonds is 5. The Kier molecular flexibility index (Phi) is 4.23. The molecule has 0 saturated heterocycles. The highest BCUT2D eigenvalue weighted by atomic mass is 16.4. The third-order valence-corrected chi connectivity index (χ3v) is 2.44. The minimum Gasteiger partial charge on any atom is -0.481 e. The van der Waals surface area contributed by atoms with Gasteiger partial charge in [0.05, 0.1) is 11.6 Å². The van der Waals surface area contributed by atoms with E-state index in [-0.39, 0.29) is 12.8 Å². The number of hydrogen-bond acceptors (Lipinski definition) is 3. The molecule has 17 heavy (non-hydrogen) atoms. The minimum absolute atomic E-state index is 0.0244. The first-order valence-electron chi connectivity index (χ1n) is 5.00. The lowest BCUT2D eigenvalue weighted by atomic mass is 9.97. The largest absolute Gasteiger partial charge is 0.481 e. The number of aliphatic carboxylic acids is 2. The van der Waals surface area contributed by atoms with Crippen LogP contribution in [0.25, 0.3) is 0 Å². The third-order valence-electron chi connectivity index (χ3n) is 2.44. The second-order valence-electron chi connectivity index (χ2n) is 3.54. The Morgan fingerprint density at radius 3 is 2.35 bits per heavy atom. The van der Waals surface area contributed by atoms with Crippen molar-refractivity contribution in [3.8, 4) is 6.07 Å². The van der Waals surface area contributed by atoms with Crippen molar-refractivity contribution in [3.63, 3.8) is 0 Å². The molecule has 0 atom stereocenters. The van der Waals surface area contributed by atoms with Crippen LogP contribution in [0.1, 0.15) is 17.5 Å². The van der Waals surface area contributed by atoms with Crippen molar-refractivity contribution >= 4 is 11.9 Å². The summed E-state index contributed by atoms with van der Waals surface area (Å²) in [5.41, 5.74) is 1.12. The first-order chi connectivity index (χ1) is 8.06. The molecule has 0 heterocycles. The SMILES string of the molecule is N#Cc1ccccc1CCC(C(=O)O)C(=O)O. The van der Waals surface area contributed by atoms with Crippen LogP contribution in [0.3, 0.4) is 0 Å². The molecule has 88 valence electrons. The zero-order valence-corrected chi connectivity index (χ0v) is 8.96. The van der Waals surface area contributed by atoms with E-state index in [1.165, 1.54) is 0 Å². The number of carboxylic acids is 2. The van der Waals surface area contributed by atoms with E-state index in [2.05, 4.69) is 0 Å². The second-order valence-corrected chi connectivity index (χ2v) is 3.54. The molecule has 0 aliphatic rings. The van der Waals surface area contributed by atoms with Crippen molar-refractivity contribution in [1.82, 2.24) is 0 Å². The van der Waals surface area contributed by atoms with E-state index >= 15 is 0 Å². The molecule has 1 rings (SSSR count). The van der Waals surface area contributed by atoms with Gasteiger partial charge in [-0.15, -0.1) is 0 Å². The third kappa shape index (κ3) is 3.31. The lowest BCUT2D eigenvalue weighted by Gasteiger charge is -2.07. The summed E-state index contributed by atoms with van der Waals surface area (Å²) in [6.07, 6.45) is 0.233. The van der Waals surface area contributed by atoms with Crippen molar-refractivity contribution in [2.45, 2.75) is 12.8 Å². The number of nitriles is 1. The lowest BCUT2D eigenvalue weighted by Crippen LogP contribution is -2.23. The second kappa shape index (κ2) is 5.66. The van der Waals surface area contributed by atoms with Crippen molar-refractivity contribution in [1.29, 1.82) is 5.26 Å². The molecule has 5 nitrogen and oxygen atoms in total. The number of carboxylic acid groups (broad SMARTS) is 2. The highest BCUT2D eigenvalue weighted by molar-refractivity contribution is 5.92. The zero-order chi connectivity index (χ0) is 12.8.